The second-order valence-corrected chi connectivity index (χ2v) is 12.0. The van der Waals surface area contributed by atoms with Crippen LogP contribution in [0.1, 0.15) is 35.3 Å². The Bertz CT molecular complexity index is 1410. The first-order valence-corrected chi connectivity index (χ1v) is 14.3. The minimum atomic E-state index is -4.00. The van der Waals surface area contributed by atoms with Crippen LogP contribution in [0, 0.1) is 12.8 Å². The summed E-state index contributed by atoms with van der Waals surface area (Å²) < 4.78 is 39.4. The molecule has 4 N–H and O–H groups in total. The van der Waals surface area contributed by atoms with Crippen molar-refractivity contribution in [2.24, 2.45) is 5.92 Å². The topological polar surface area (TPSA) is 131 Å². The van der Waals surface area contributed by atoms with Crippen LogP contribution in [-0.2, 0) is 16.4 Å². The highest BCUT2D eigenvalue weighted by Crippen LogP contribution is 2.35. The molecule has 0 saturated heterocycles. The van der Waals surface area contributed by atoms with Gasteiger partial charge in [-0.25, -0.2) is 8.42 Å². The van der Waals surface area contributed by atoms with Crippen LogP contribution in [0.25, 0.3) is 0 Å². The standard InChI is InChI=1S/C29H35N3O6S/c1-19(2)16-32(39(35,36)22-12-13-27-28(15-22)38-18-37-27)17-26(33)25(14-21-8-5-4-6-9-21)31-29(34)23-10-7-11-24(30)20(23)3/h4-13,15,19,25-26,33H,14,16-18,30H2,1-3H3,(H,31,34). The van der Waals surface area contributed by atoms with Gasteiger partial charge in [-0.2, -0.15) is 4.31 Å². The molecule has 0 fully saturated rings. The number of aliphatic hydroxyl groups excluding tert-OH is 1. The van der Waals surface area contributed by atoms with Gasteiger partial charge in [0.05, 0.1) is 17.0 Å². The summed E-state index contributed by atoms with van der Waals surface area (Å²) in [6, 6.07) is 18.2. The van der Waals surface area contributed by atoms with Gasteiger partial charge in [-0.3, -0.25) is 4.79 Å². The summed E-state index contributed by atoms with van der Waals surface area (Å²) in [5, 5.41) is 14.4. The molecule has 1 aliphatic rings. The Balaban J connectivity index is 1.62. The maximum atomic E-state index is 13.7. The molecule has 39 heavy (non-hydrogen) atoms. The van der Waals surface area contributed by atoms with Crippen molar-refractivity contribution in [2.45, 2.75) is 44.2 Å². The number of aliphatic hydroxyl groups is 1. The van der Waals surface area contributed by atoms with E-state index in [9.17, 15) is 18.3 Å². The van der Waals surface area contributed by atoms with Crippen molar-refractivity contribution in [3.05, 3.63) is 83.4 Å². The molecule has 0 bridgehead atoms. The number of carbonyl (C=O) groups excluding carboxylic acids is 1. The number of nitrogens with zero attached hydrogens (tertiary/aromatic N) is 1. The van der Waals surface area contributed by atoms with Crippen LogP contribution in [-0.4, -0.2) is 55.8 Å². The van der Waals surface area contributed by atoms with E-state index in [4.69, 9.17) is 15.2 Å². The molecule has 2 atom stereocenters. The predicted octanol–water partition coefficient (Wildman–Crippen LogP) is 3.35. The Hall–Kier alpha value is -3.60. The monoisotopic (exact) mass is 553 g/mol. The highest BCUT2D eigenvalue weighted by Gasteiger charge is 2.32. The molecule has 1 amide bonds. The number of sulfonamides is 1. The normalized spacial score (nSPS) is 14.4. The Morgan fingerprint density at radius 3 is 2.46 bits per heavy atom. The predicted molar refractivity (Wildman–Crippen MR) is 149 cm³/mol. The first-order valence-electron chi connectivity index (χ1n) is 12.8. The number of benzene rings is 3. The molecule has 0 aliphatic carbocycles. The maximum absolute atomic E-state index is 13.7. The number of anilines is 1. The molecule has 0 spiro atoms. The number of amides is 1. The van der Waals surface area contributed by atoms with Gasteiger partial charge in [0.2, 0.25) is 16.8 Å². The molecule has 4 rings (SSSR count). The summed E-state index contributed by atoms with van der Waals surface area (Å²) in [7, 11) is -4.00. The summed E-state index contributed by atoms with van der Waals surface area (Å²) in [5.41, 5.74) is 8.41. The fraction of sp³-hybridized carbons (Fsp3) is 0.345. The van der Waals surface area contributed by atoms with E-state index in [2.05, 4.69) is 5.32 Å². The van der Waals surface area contributed by atoms with Crippen molar-refractivity contribution in [1.82, 2.24) is 9.62 Å². The minimum absolute atomic E-state index is 0.0157. The van der Waals surface area contributed by atoms with Crippen molar-refractivity contribution in [1.29, 1.82) is 0 Å². The first-order chi connectivity index (χ1) is 18.6. The summed E-state index contributed by atoms with van der Waals surface area (Å²) in [6.45, 7) is 5.55. The molecule has 3 aromatic rings. The zero-order valence-electron chi connectivity index (χ0n) is 22.3. The van der Waals surface area contributed by atoms with E-state index < -0.39 is 28.1 Å². The lowest BCUT2D eigenvalue weighted by atomic mass is 9.99. The lowest BCUT2D eigenvalue weighted by molar-refractivity contribution is 0.0775. The molecule has 0 aromatic heterocycles. The number of nitrogen functional groups attached to an aromatic ring is 1. The fourth-order valence-corrected chi connectivity index (χ4v) is 6.13. The van der Waals surface area contributed by atoms with E-state index in [-0.39, 0.29) is 30.7 Å². The zero-order chi connectivity index (χ0) is 28.2. The number of carbonyl (C=O) groups is 1. The summed E-state index contributed by atoms with van der Waals surface area (Å²) in [6.07, 6.45) is -0.910. The molecule has 0 radical (unpaired) electrons. The molecule has 0 saturated carbocycles. The number of nitrogens with one attached hydrogen (secondary N) is 1. The average molecular weight is 554 g/mol. The van der Waals surface area contributed by atoms with Crippen molar-refractivity contribution < 1.29 is 27.8 Å². The van der Waals surface area contributed by atoms with Gasteiger partial charge in [0.1, 0.15) is 0 Å². The van der Waals surface area contributed by atoms with Crippen LogP contribution in [0.15, 0.2) is 71.6 Å². The third-order valence-electron chi connectivity index (χ3n) is 6.64. The molecule has 10 heteroatoms. The maximum Gasteiger partial charge on any atom is 0.251 e. The van der Waals surface area contributed by atoms with Gasteiger partial charge in [-0.1, -0.05) is 50.2 Å². The third kappa shape index (κ3) is 6.70. The van der Waals surface area contributed by atoms with Crippen molar-refractivity contribution in [2.75, 3.05) is 25.6 Å². The number of fused-ring (bicyclic) bond motifs is 1. The van der Waals surface area contributed by atoms with Crippen LogP contribution in [0.4, 0.5) is 5.69 Å². The van der Waals surface area contributed by atoms with Crippen molar-refractivity contribution >= 4 is 21.6 Å². The van der Waals surface area contributed by atoms with E-state index >= 15 is 0 Å². The van der Waals surface area contributed by atoms with Crippen LogP contribution < -0.4 is 20.5 Å². The molecule has 208 valence electrons. The second-order valence-electron chi connectivity index (χ2n) is 10.1. The van der Waals surface area contributed by atoms with Crippen molar-refractivity contribution in [3.63, 3.8) is 0 Å². The molecular weight excluding hydrogens is 518 g/mol. The average Bonchev–Trinajstić information content (AvgIpc) is 3.38. The Morgan fingerprint density at radius 1 is 1.03 bits per heavy atom. The SMILES string of the molecule is Cc1c(N)cccc1C(=O)NC(Cc1ccccc1)C(O)CN(CC(C)C)S(=O)(=O)c1ccc2c(c1)OCO2. The largest absolute Gasteiger partial charge is 0.454 e. The summed E-state index contributed by atoms with van der Waals surface area (Å²) >= 11 is 0. The fourth-order valence-electron chi connectivity index (χ4n) is 4.50. The number of hydrogen-bond donors (Lipinski definition) is 3. The molecular formula is C29H35N3O6S. The lowest BCUT2D eigenvalue weighted by Crippen LogP contribution is -2.51. The molecule has 1 aliphatic heterocycles. The third-order valence-corrected chi connectivity index (χ3v) is 8.47. The van der Waals surface area contributed by atoms with E-state index in [1.807, 2.05) is 44.2 Å². The van der Waals surface area contributed by atoms with E-state index in [0.717, 1.165) is 5.56 Å². The van der Waals surface area contributed by atoms with Crippen LogP contribution >= 0.6 is 0 Å². The van der Waals surface area contributed by atoms with Gasteiger partial charge in [0.25, 0.3) is 5.91 Å². The van der Waals surface area contributed by atoms with Gasteiger partial charge >= 0.3 is 0 Å². The quantitative estimate of drug-likeness (QED) is 0.310. The van der Waals surface area contributed by atoms with Gasteiger partial charge in [-0.15, -0.1) is 0 Å². The van der Waals surface area contributed by atoms with E-state index in [1.165, 1.54) is 16.4 Å². The van der Waals surface area contributed by atoms with Gasteiger partial charge < -0.3 is 25.6 Å². The van der Waals surface area contributed by atoms with Crippen LogP contribution in [0.2, 0.25) is 0 Å². The number of nitrogens with two attached hydrogens (primary N) is 1. The Labute approximate surface area is 229 Å². The number of ether oxygens (including phenoxy) is 2. The molecule has 1 heterocycles. The summed E-state index contributed by atoms with van der Waals surface area (Å²) in [4.78, 5) is 13.3. The molecule has 3 aromatic carbocycles. The highest BCUT2D eigenvalue weighted by molar-refractivity contribution is 7.89. The molecule has 9 nitrogen and oxygen atoms in total. The van der Waals surface area contributed by atoms with E-state index in [1.54, 1.807) is 31.2 Å². The highest BCUT2D eigenvalue weighted by atomic mass is 32.2. The van der Waals surface area contributed by atoms with E-state index in [0.29, 0.717) is 34.7 Å². The minimum Gasteiger partial charge on any atom is -0.454 e. The number of hydrogen-bond acceptors (Lipinski definition) is 7. The van der Waals surface area contributed by atoms with Crippen LogP contribution in [0.5, 0.6) is 11.5 Å². The summed E-state index contributed by atoms with van der Waals surface area (Å²) in [5.74, 6) is 0.423. The number of rotatable bonds is 11. The zero-order valence-corrected chi connectivity index (χ0v) is 23.1. The lowest BCUT2D eigenvalue weighted by Gasteiger charge is -2.31. The first kappa shape index (κ1) is 28.4. The Morgan fingerprint density at radius 2 is 1.74 bits per heavy atom. The van der Waals surface area contributed by atoms with Gasteiger partial charge in [0.15, 0.2) is 11.5 Å². The van der Waals surface area contributed by atoms with Crippen LogP contribution in [0.3, 0.4) is 0 Å². The van der Waals surface area contributed by atoms with Gasteiger partial charge in [0, 0.05) is 30.4 Å². The second kappa shape index (κ2) is 12.1. The van der Waals surface area contributed by atoms with Gasteiger partial charge in [-0.05, 0) is 54.7 Å². The smallest absolute Gasteiger partial charge is 0.251 e. The molecule has 2 unspecified atom stereocenters. The van der Waals surface area contributed by atoms with Crippen molar-refractivity contribution in [3.8, 4) is 11.5 Å². The Kier molecular flexibility index (Phi) is 8.79.